The Kier molecular flexibility index (Phi) is 4.07. The van der Waals surface area contributed by atoms with E-state index >= 15 is 0 Å². The van der Waals surface area contributed by atoms with E-state index in [2.05, 4.69) is 9.97 Å². The normalized spacial score (nSPS) is 14.1. The van der Waals surface area contributed by atoms with E-state index < -0.39 is 18.7 Å². The number of pyridine rings is 2. The molecule has 0 unspecified atom stereocenters. The van der Waals surface area contributed by atoms with Gasteiger partial charge in [0, 0.05) is 22.8 Å². The van der Waals surface area contributed by atoms with E-state index in [4.69, 9.17) is 9.79 Å². The van der Waals surface area contributed by atoms with Crippen LogP contribution in [0.2, 0.25) is 0 Å². The molecule has 1 aromatic carbocycles. The molecule has 0 atom stereocenters. The van der Waals surface area contributed by atoms with Crippen molar-refractivity contribution >= 4 is 35.5 Å². The van der Waals surface area contributed by atoms with Crippen molar-refractivity contribution in [2.24, 2.45) is 0 Å². The summed E-state index contributed by atoms with van der Waals surface area (Å²) in [6, 6.07) is 7.20. The summed E-state index contributed by atoms with van der Waals surface area (Å²) in [4.78, 5) is 41.0. The SMILES string of the molecule is Cc1ccc2c3c(cnc2n1)CC(=O)N3Cc1ccc(P(=O)(O)O)c(F)c1. The van der Waals surface area contributed by atoms with E-state index in [1.807, 2.05) is 19.1 Å². The number of aryl methyl sites for hydroxylation is 1. The number of halogens is 1. The Morgan fingerprint density at radius 1 is 1.26 bits per heavy atom. The number of carbonyl (C=O) groups is 1. The summed E-state index contributed by atoms with van der Waals surface area (Å²) in [6.45, 7) is 1.93. The van der Waals surface area contributed by atoms with E-state index in [0.717, 1.165) is 28.8 Å². The lowest BCUT2D eigenvalue weighted by molar-refractivity contribution is -0.117. The number of benzene rings is 1. The summed E-state index contributed by atoms with van der Waals surface area (Å²) >= 11 is 0. The highest BCUT2D eigenvalue weighted by atomic mass is 31.2. The molecule has 1 aliphatic rings. The lowest BCUT2D eigenvalue weighted by Crippen LogP contribution is -2.26. The van der Waals surface area contributed by atoms with Crippen LogP contribution in [0.3, 0.4) is 0 Å². The van der Waals surface area contributed by atoms with Gasteiger partial charge in [-0.2, -0.15) is 0 Å². The minimum atomic E-state index is -4.69. The fraction of sp³-hybridized carbons (Fsp3) is 0.167. The molecule has 3 heterocycles. The fourth-order valence-corrected chi connectivity index (χ4v) is 3.88. The highest BCUT2D eigenvalue weighted by Crippen LogP contribution is 2.37. The Hall–Kier alpha value is -2.67. The number of aromatic nitrogens is 2. The zero-order valence-electron chi connectivity index (χ0n) is 14.3. The van der Waals surface area contributed by atoms with Gasteiger partial charge in [-0.1, -0.05) is 6.07 Å². The Morgan fingerprint density at radius 2 is 2.04 bits per heavy atom. The highest BCUT2D eigenvalue weighted by Gasteiger charge is 2.30. The molecule has 27 heavy (non-hydrogen) atoms. The summed E-state index contributed by atoms with van der Waals surface area (Å²) in [5.74, 6) is -1.15. The number of nitrogens with zero attached hydrogens (tertiary/aromatic N) is 3. The van der Waals surface area contributed by atoms with Gasteiger partial charge in [0.05, 0.1) is 24.0 Å². The van der Waals surface area contributed by atoms with Crippen molar-refractivity contribution in [1.29, 1.82) is 0 Å². The average Bonchev–Trinajstić information content (AvgIpc) is 2.89. The first-order valence-corrected chi connectivity index (χ1v) is 9.75. The van der Waals surface area contributed by atoms with Crippen LogP contribution in [0, 0.1) is 12.7 Å². The van der Waals surface area contributed by atoms with E-state index in [-0.39, 0.29) is 18.9 Å². The van der Waals surface area contributed by atoms with Crippen LogP contribution in [-0.2, 0) is 22.3 Å². The van der Waals surface area contributed by atoms with Gasteiger partial charge < -0.3 is 14.7 Å². The quantitative estimate of drug-likeness (QED) is 0.666. The van der Waals surface area contributed by atoms with E-state index in [1.54, 1.807) is 6.20 Å². The summed E-state index contributed by atoms with van der Waals surface area (Å²) < 4.78 is 25.4. The van der Waals surface area contributed by atoms with Crippen molar-refractivity contribution in [3.8, 4) is 0 Å². The molecule has 0 fully saturated rings. The monoisotopic (exact) mass is 387 g/mol. The van der Waals surface area contributed by atoms with E-state index in [1.165, 1.54) is 11.0 Å². The molecule has 3 aromatic rings. The van der Waals surface area contributed by atoms with Gasteiger partial charge in [-0.25, -0.2) is 14.4 Å². The molecule has 1 aliphatic heterocycles. The molecule has 0 bridgehead atoms. The standard InChI is InChI=1S/C18H15FN3O4P/c1-10-2-4-13-17-12(8-20-18(13)21-10)7-16(23)22(17)9-11-3-5-15(14(19)6-11)27(24,25)26/h2-6,8H,7,9H2,1H3,(H2,24,25,26). The van der Waals surface area contributed by atoms with Gasteiger partial charge in [0.2, 0.25) is 5.91 Å². The van der Waals surface area contributed by atoms with Crippen LogP contribution in [0.4, 0.5) is 10.1 Å². The second-order valence-corrected chi connectivity index (χ2v) is 8.01. The predicted molar refractivity (Wildman–Crippen MR) is 97.2 cm³/mol. The largest absolute Gasteiger partial charge is 0.359 e. The number of anilines is 1. The summed E-state index contributed by atoms with van der Waals surface area (Å²) in [7, 11) is -4.69. The average molecular weight is 387 g/mol. The smallest absolute Gasteiger partial charge is 0.321 e. The Labute approximate surface area is 153 Å². The molecule has 9 heteroatoms. The lowest BCUT2D eigenvalue weighted by Gasteiger charge is -2.19. The van der Waals surface area contributed by atoms with Gasteiger partial charge in [-0.05, 0) is 36.8 Å². The van der Waals surface area contributed by atoms with Crippen LogP contribution in [-0.4, -0.2) is 25.7 Å². The number of hydrogen-bond donors (Lipinski definition) is 2. The van der Waals surface area contributed by atoms with Crippen LogP contribution in [0.25, 0.3) is 11.0 Å². The Bertz CT molecular complexity index is 1140. The van der Waals surface area contributed by atoms with Gasteiger partial charge in [0.15, 0.2) is 5.65 Å². The zero-order valence-corrected chi connectivity index (χ0v) is 15.2. The van der Waals surface area contributed by atoms with E-state index in [0.29, 0.717) is 16.9 Å². The maximum absolute atomic E-state index is 14.1. The van der Waals surface area contributed by atoms with Crippen molar-refractivity contribution < 1.29 is 23.5 Å². The Morgan fingerprint density at radius 3 is 2.74 bits per heavy atom. The first-order chi connectivity index (χ1) is 12.7. The van der Waals surface area contributed by atoms with Gasteiger partial charge in [0.25, 0.3) is 0 Å². The topological polar surface area (TPSA) is 104 Å². The maximum Gasteiger partial charge on any atom is 0.359 e. The molecular formula is C18H15FN3O4P. The van der Waals surface area contributed by atoms with Crippen molar-refractivity contribution in [3.63, 3.8) is 0 Å². The molecule has 4 rings (SSSR count). The minimum Gasteiger partial charge on any atom is -0.321 e. The van der Waals surface area contributed by atoms with Crippen molar-refractivity contribution in [2.45, 2.75) is 19.9 Å². The molecule has 2 N–H and O–H groups in total. The second kappa shape index (κ2) is 6.20. The third-order valence-corrected chi connectivity index (χ3v) is 5.49. The third kappa shape index (κ3) is 3.12. The van der Waals surface area contributed by atoms with Crippen molar-refractivity contribution in [2.75, 3.05) is 4.90 Å². The van der Waals surface area contributed by atoms with Crippen molar-refractivity contribution in [1.82, 2.24) is 9.97 Å². The fourth-order valence-electron chi connectivity index (χ4n) is 3.27. The van der Waals surface area contributed by atoms with Gasteiger partial charge >= 0.3 is 7.60 Å². The minimum absolute atomic E-state index is 0.0805. The number of fused-ring (bicyclic) bond motifs is 3. The molecular weight excluding hydrogens is 372 g/mol. The summed E-state index contributed by atoms with van der Waals surface area (Å²) in [6.07, 6.45) is 1.81. The number of hydrogen-bond acceptors (Lipinski definition) is 4. The predicted octanol–water partition coefficient (Wildman–Crippen LogP) is 1.97. The number of carbonyl (C=O) groups excluding carboxylic acids is 1. The van der Waals surface area contributed by atoms with Crippen LogP contribution in [0.1, 0.15) is 16.8 Å². The Balaban J connectivity index is 1.76. The molecule has 0 spiro atoms. The maximum atomic E-state index is 14.1. The van der Waals surface area contributed by atoms with E-state index in [9.17, 15) is 13.8 Å². The first kappa shape index (κ1) is 17.7. The van der Waals surface area contributed by atoms with Crippen LogP contribution < -0.4 is 10.2 Å². The molecule has 0 saturated carbocycles. The van der Waals surface area contributed by atoms with Crippen LogP contribution >= 0.6 is 7.60 Å². The third-order valence-electron chi connectivity index (χ3n) is 4.50. The molecule has 2 aromatic heterocycles. The van der Waals surface area contributed by atoms with Crippen LogP contribution in [0.5, 0.6) is 0 Å². The molecule has 0 saturated heterocycles. The van der Waals surface area contributed by atoms with Crippen molar-refractivity contribution in [3.05, 3.63) is 59.2 Å². The van der Waals surface area contributed by atoms with Crippen LogP contribution in [0.15, 0.2) is 36.5 Å². The summed E-state index contributed by atoms with van der Waals surface area (Å²) in [5, 5.41) is 0.0741. The molecule has 0 radical (unpaired) electrons. The van der Waals surface area contributed by atoms with Gasteiger partial charge in [-0.3, -0.25) is 9.36 Å². The number of rotatable bonds is 3. The first-order valence-electron chi connectivity index (χ1n) is 8.14. The molecule has 0 aliphatic carbocycles. The zero-order chi connectivity index (χ0) is 19.3. The van der Waals surface area contributed by atoms with Gasteiger partial charge in [-0.15, -0.1) is 0 Å². The molecule has 1 amide bonds. The number of amides is 1. The van der Waals surface area contributed by atoms with Gasteiger partial charge in [0.1, 0.15) is 5.82 Å². The molecule has 7 nitrogen and oxygen atoms in total. The summed E-state index contributed by atoms with van der Waals surface area (Å²) in [5.41, 5.74) is 3.22. The highest BCUT2D eigenvalue weighted by molar-refractivity contribution is 7.60. The molecule has 138 valence electrons. The lowest BCUT2D eigenvalue weighted by atomic mass is 10.1. The second-order valence-electron chi connectivity index (χ2n) is 6.44.